The third-order valence-corrected chi connectivity index (χ3v) is 11.4. The third-order valence-electron chi connectivity index (χ3n) is 11.4. The number of nitrogens with one attached hydrogen (secondary N) is 4. The van der Waals surface area contributed by atoms with Gasteiger partial charge in [0.05, 0.1) is 23.6 Å². The molecule has 4 saturated heterocycles. The van der Waals surface area contributed by atoms with E-state index in [2.05, 4.69) is 54.5 Å². The number of hydrogen-bond acceptors (Lipinski definition) is 7. The van der Waals surface area contributed by atoms with Gasteiger partial charge in [0.2, 0.25) is 5.95 Å². The third kappa shape index (κ3) is 8.31. The Bertz CT molecular complexity index is 2350. The number of pyridine rings is 2. The van der Waals surface area contributed by atoms with Crippen LogP contribution in [0.3, 0.4) is 0 Å². The lowest BCUT2D eigenvalue weighted by Gasteiger charge is -2.54. The van der Waals surface area contributed by atoms with Crippen molar-refractivity contribution < 1.29 is 21.2 Å². The van der Waals surface area contributed by atoms with E-state index >= 15 is 0 Å². The van der Waals surface area contributed by atoms with Crippen LogP contribution < -0.4 is 10.6 Å². The molecule has 0 saturated carbocycles. The van der Waals surface area contributed by atoms with E-state index in [-0.39, 0.29) is 20.8 Å². The number of aromatic amines is 1. The van der Waals surface area contributed by atoms with E-state index in [0.29, 0.717) is 75.8 Å². The first-order chi connectivity index (χ1) is 27.9. The normalized spacial score (nSPS) is 22.8. The minimum absolute atomic E-state index is 0. The molecule has 0 aliphatic carbocycles. The minimum atomic E-state index is -0.455. The second-order valence-corrected chi connectivity index (χ2v) is 15.6. The van der Waals surface area contributed by atoms with Crippen LogP contribution in [-0.2, 0) is 0 Å². The Kier molecular flexibility index (Phi) is 11.6. The average Bonchev–Trinajstić information content (AvgIpc) is 3.79. The summed E-state index contributed by atoms with van der Waals surface area (Å²) in [5.41, 5.74) is 3.94. The summed E-state index contributed by atoms with van der Waals surface area (Å²) in [6, 6.07) is 10.3. The molecule has 14 nitrogen and oxygen atoms in total. The number of anilines is 2. The van der Waals surface area contributed by atoms with Gasteiger partial charge >= 0.3 is 12.1 Å². The van der Waals surface area contributed by atoms with Crippen LogP contribution in [0.4, 0.5) is 30.0 Å². The first kappa shape index (κ1) is 40.1. The number of amidine groups is 1. The Labute approximate surface area is 339 Å². The highest BCUT2D eigenvalue weighted by Gasteiger charge is 2.47. The van der Waals surface area contributed by atoms with Crippen molar-refractivity contribution in [1.29, 1.82) is 5.41 Å². The van der Waals surface area contributed by atoms with E-state index in [1.165, 1.54) is 22.9 Å². The molecule has 0 radical (unpaired) electrons. The number of rotatable bonds is 5. The summed E-state index contributed by atoms with van der Waals surface area (Å²) in [4.78, 5) is 48.8. The zero-order chi connectivity index (χ0) is 41.2. The first-order valence-corrected chi connectivity index (χ1v) is 20.0. The molecule has 4 bridgehead atoms. The maximum atomic E-state index is 13.9. The number of aliphatic imine (C=N–C) groups is 1. The Morgan fingerprint density at radius 2 is 1.38 bits per heavy atom. The van der Waals surface area contributed by atoms with Gasteiger partial charge in [-0.25, -0.2) is 34.0 Å². The van der Waals surface area contributed by atoms with Crippen molar-refractivity contribution in [2.45, 2.75) is 104 Å². The molecule has 58 heavy (non-hydrogen) atoms. The number of halogens is 2. The molecular weight excluding hydrogens is 743 g/mol. The number of urea groups is 2. The molecule has 308 valence electrons. The molecule has 4 atom stereocenters. The highest BCUT2D eigenvalue weighted by atomic mass is 19.1. The summed E-state index contributed by atoms with van der Waals surface area (Å²) < 4.78 is 28.1. The van der Waals surface area contributed by atoms with Crippen LogP contribution in [0.25, 0.3) is 16.9 Å². The highest BCUT2D eigenvalue weighted by molar-refractivity contribution is 6.04. The summed E-state index contributed by atoms with van der Waals surface area (Å²) in [7, 11) is 0. The van der Waals surface area contributed by atoms with Crippen LogP contribution in [0, 0.1) is 43.0 Å². The monoisotopic (exact) mass is 796 g/mol. The fourth-order valence-corrected chi connectivity index (χ4v) is 8.64. The lowest BCUT2D eigenvalue weighted by atomic mass is 9.74. The van der Waals surface area contributed by atoms with Crippen molar-refractivity contribution in [2.75, 3.05) is 10.6 Å². The SMILES string of the molecule is CC.Cc1cnc(NC(=O)N2C3CC(C)CC2C3)cc1-c1ncc2ccc(F)n2n1.Cc1cnc(NC(=O)N2C3CC(C)CC2C3)cc1C(=N)N=Cc1ccc(F)[nH]1.[HH].[HH]. The number of carbonyl (C=O) groups excluding carboxylic acids is 2. The zero-order valence-corrected chi connectivity index (χ0v) is 33.6. The van der Waals surface area contributed by atoms with Gasteiger partial charge in [-0.15, -0.1) is 5.10 Å². The number of carbonyl (C=O) groups is 2. The number of hydrogen-bond donors (Lipinski definition) is 4. The lowest BCUT2D eigenvalue weighted by molar-refractivity contribution is -0.00636. The number of amides is 4. The number of H-pyrrole nitrogens is 1. The van der Waals surface area contributed by atoms with Gasteiger partial charge in [-0.1, -0.05) is 27.7 Å². The molecule has 0 spiro atoms. The van der Waals surface area contributed by atoms with Crippen LogP contribution in [0.15, 0.2) is 60.0 Å². The van der Waals surface area contributed by atoms with Gasteiger partial charge in [0.1, 0.15) is 11.6 Å². The number of nitrogens with zero attached hydrogens (tertiary/aromatic N) is 8. The van der Waals surface area contributed by atoms with Crippen molar-refractivity contribution in [3.05, 3.63) is 89.3 Å². The van der Waals surface area contributed by atoms with Gasteiger partial charge in [-0.2, -0.15) is 8.78 Å². The Morgan fingerprint density at radius 3 is 1.95 bits per heavy atom. The van der Waals surface area contributed by atoms with E-state index in [9.17, 15) is 18.4 Å². The molecule has 4 aliphatic heterocycles. The van der Waals surface area contributed by atoms with Crippen LogP contribution >= 0.6 is 0 Å². The zero-order valence-electron chi connectivity index (χ0n) is 33.6. The molecule has 9 rings (SSSR count). The number of piperidine rings is 2. The van der Waals surface area contributed by atoms with Gasteiger partial charge in [0, 0.05) is 50.5 Å². The summed E-state index contributed by atoms with van der Waals surface area (Å²) in [5, 5.41) is 18.3. The van der Waals surface area contributed by atoms with Gasteiger partial charge in [-0.05, 0) is 112 Å². The van der Waals surface area contributed by atoms with Crippen molar-refractivity contribution in [3.63, 3.8) is 0 Å². The van der Waals surface area contributed by atoms with Crippen LogP contribution in [0.2, 0.25) is 0 Å². The van der Waals surface area contributed by atoms with Gasteiger partial charge in [0.25, 0.3) is 0 Å². The standard InChI is InChI=1S/C20H21FN6O.C20H23FN6O.C2H6.2H2/c1-11-5-14-7-15(6-11)26(14)20(28)24-18-8-16(12(2)9-22-18)19-23-10-13-3-4-17(21)27(13)25-19;1-11-5-14-7-15(6-11)27(14)20(28)26-18-8-16(12(2)9-23-18)19(22)24-10-13-3-4-17(21)25-13;1-2;;/h3-4,8-11,14-15H,5-7H2,1-2H3,(H,22,24,28);3-4,8-11,14-15,22,25H,5-7H2,1-2H3,(H,23,26,28);1-2H3;2*1H. The van der Waals surface area contributed by atoms with Gasteiger partial charge < -0.3 is 14.8 Å². The summed E-state index contributed by atoms with van der Waals surface area (Å²) in [6.45, 7) is 12.2. The molecule has 4 amide bonds. The maximum Gasteiger partial charge on any atom is 0.323 e. The van der Waals surface area contributed by atoms with Crippen LogP contribution in [-0.4, -0.2) is 87.6 Å². The quantitative estimate of drug-likeness (QED) is 0.102. The predicted octanol–water partition coefficient (Wildman–Crippen LogP) is 8.87. The summed E-state index contributed by atoms with van der Waals surface area (Å²) in [6.07, 6.45) is 12.7. The average molecular weight is 797 g/mol. The molecule has 9 heterocycles. The van der Waals surface area contributed by atoms with Crippen molar-refractivity contribution >= 4 is 41.3 Å². The second-order valence-electron chi connectivity index (χ2n) is 15.6. The van der Waals surface area contributed by atoms with Crippen molar-refractivity contribution in [1.82, 2.24) is 39.3 Å². The van der Waals surface area contributed by atoms with E-state index in [4.69, 9.17) is 5.41 Å². The molecule has 4 aliphatic rings. The number of aromatic nitrogens is 6. The lowest BCUT2D eigenvalue weighted by Crippen LogP contribution is -2.63. The topological polar surface area (TPSA) is 173 Å². The molecule has 4 N–H and O–H groups in total. The molecule has 5 aromatic rings. The van der Waals surface area contributed by atoms with E-state index in [1.54, 1.807) is 42.9 Å². The number of aryl methyl sites for hydroxylation is 2. The summed E-state index contributed by atoms with van der Waals surface area (Å²) in [5.74, 6) is 1.68. The van der Waals surface area contributed by atoms with Crippen LogP contribution in [0.1, 0.15) is 91.5 Å². The second kappa shape index (κ2) is 16.8. The molecule has 4 fully saturated rings. The number of fused-ring (bicyclic) bond motifs is 5. The van der Waals surface area contributed by atoms with Crippen molar-refractivity contribution in [3.8, 4) is 11.4 Å². The predicted molar refractivity (Wildman–Crippen MR) is 224 cm³/mol. The van der Waals surface area contributed by atoms with E-state index in [1.807, 2.05) is 37.5 Å². The molecule has 16 heteroatoms. The molecular formula is C42H54F2N12O2. The van der Waals surface area contributed by atoms with Gasteiger partial charge in [-0.3, -0.25) is 16.0 Å². The Morgan fingerprint density at radius 1 is 0.810 bits per heavy atom. The minimum Gasteiger partial charge on any atom is -0.331 e. The Balaban J connectivity index is 0.000000212. The highest BCUT2D eigenvalue weighted by Crippen LogP contribution is 2.42. The smallest absolute Gasteiger partial charge is 0.323 e. The first-order valence-electron chi connectivity index (χ1n) is 20.0. The molecule has 4 unspecified atom stereocenters. The Hall–Kier alpha value is -6.06. The van der Waals surface area contributed by atoms with Crippen LogP contribution in [0.5, 0.6) is 0 Å². The van der Waals surface area contributed by atoms with E-state index < -0.39 is 11.9 Å². The maximum absolute atomic E-state index is 13.9. The summed E-state index contributed by atoms with van der Waals surface area (Å²) >= 11 is 0. The fraction of sp³-hybridized carbons (Fsp3) is 0.429. The van der Waals surface area contributed by atoms with E-state index in [0.717, 1.165) is 49.7 Å². The molecule has 5 aromatic heterocycles. The van der Waals surface area contributed by atoms with Crippen molar-refractivity contribution in [2.24, 2.45) is 16.8 Å². The van der Waals surface area contributed by atoms with Gasteiger partial charge in [0.15, 0.2) is 17.6 Å². The fourth-order valence-electron chi connectivity index (χ4n) is 8.64. The largest absolute Gasteiger partial charge is 0.331 e. The molecule has 0 aromatic carbocycles.